The molecule has 1 N–H and O–H groups in total. The van der Waals surface area contributed by atoms with Gasteiger partial charge in [-0.2, -0.15) is 0 Å². The molecule has 0 saturated heterocycles. The second kappa shape index (κ2) is 5.61. The van der Waals surface area contributed by atoms with E-state index in [9.17, 15) is 14.0 Å². The minimum Gasteiger partial charge on any atom is -0.482 e. The third-order valence-corrected chi connectivity index (χ3v) is 3.70. The van der Waals surface area contributed by atoms with Crippen LogP contribution in [0.15, 0.2) is 45.6 Å². The Morgan fingerprint density at radius 1 is 1.27 bits per heavy atom. The van der Waals surface area contributed by atoms with Crippen LogP contribution in [0.2, 0.25) is 0 Å². The SMILES string of the molecule is O=C(O)COc1cc(-c2ccc(F)cc2)c2oc(=O)sc2c1. The lowest BCUT2D eigenvalue weighted by atomic mass is 10.0. The predicted molar refractivity (Wildman–Crippen MR) is 78.9 cm³/mol. The number of carboxylic acid groups (broad SMARTS) is 1. The van der Waals surface area contributed by atoms with E-state index in [1.807, 2.05) is 0 Å². The molecule has 0 spiro atoms. The number of aliphatic carboxylic acids is 1. The highest BCUT2D eigenvalue weighted by Gasteiger charge is 2.13. The molecular weight excluding hydrogens is 311 g/mol. The van der Waals surface area contributed by atoms with Gasteiger partial charge in [-0.25, -0.2) is 14.0 Å². The lowest BCUT2D eigenvalue weighted by molar-refractivity contribution is -0.139. The molecule has 0 aliphatic rings. The van der Waals surface area contributed by atoms with E-state index in [-0.39, 0.29) is 5.82 Å². The van der Waals surface area contributed by atoms with Crippen LogP contribution in [0.4, 0.5) is 4.39 Å². The number of ether oxygens (including phenoxy) is 1. The zero-order valence-corrected chi connectivity index (χ0v) is 11.9. The molecule has 0 amide bonds. The van der Waals surface area contributed by atoms with Crippen molar-refractivity contribution in [2.24, 2.45) is 0 Å². The quantitative estimate of drug-likeness (QED) is 0.799. The Balaban J connectivity index is 2.15. The summed E-state index contributed by atoms with van der Waals surface area (Å²) >= 11 is 0.889. The minimum atomic E-state index is -1.11. The second-order valence-electron chi connectivity index (χ2n) is 4.44. The zero-order valence-electron chi connectivity index (χ0n) is 11.0. The highest BCUT2D eigenvalue weighted by Crippen LogP contribution is 2.34. The van der Waals surface area contributed by atoms with Crippen LogP contribution in [0.5, 0.6) is 5.75 Å². The fourth-order valence-corrected chi connectivity index (χ4v) is 2.75. The maximum atomic E-state index is 13.0. The van der Waals surface area contributed by atoms with Crippen molar-refractivity contribution in [3.63, 3.8) is 0 Å². The molecule has 2 aromatic carbocycles. The van der Waals surface area contributed by atoms with Crippen LogP contribution < -0.4 is 9.68 Å². The average molecular weight is 320 g/mol. The van der Waals surface area contributed by atoms with Gasteiger partial charge in [-0.05, 0) is 23.8 Å². The standard InChI is InChI=1S/C15H9FO5S/c16-9-3-1-8(2-4-9)11-5-10(20-7-13(17)18)6-12-14(11)21-15(19)22-12/h1-6H,7H2,(H,17,18). The van der Waals surface area contributed by atoms with Gasteiger partial charge < -0.3 is 14.3 Å². The van der Waals surface area contributed by atoms with E-state index in [0.717, 1.165) is 11.3 Å². The summed E-state index contributed by atoms with van der Waals surface area (Å²) in [5.41, 5.74) is 1.54. The Morgan fingerprint density at radius 2 is 2.00 bits per heavy atom. The van der Waals surface area contributed by atoms with Crippen molar-refractivity contribution < 1.29 is 23.4 Å². The zero-order chi connectivity index (χ0) is 15.7. The molecule has 0 aliphatic carbocycles. The predicted octanol–water partition coefficient (Wildman–Crippen LogP) is 3.12. The Kier molecular flexibility index (Phi) is 3.64. The van der Waals surface area contributed by atoms with Crippen molar-refractivity contribution in [3.05, 3.63) is 51.9 Å². The first kappa shape index (κ1) is 14.3. The number of carbonyl (C=O) groups is 1. The highest BCUT2D eigenvalue weighted by atomic mass is 32.1. The van der Waals surface area contributed by atoms with Crippen LogP contribution >= 0.6 is 11.3 Å². The van der Waals surface area contributed by atoms with Gasteiger partial charge in [0.15, 0.2) is 12.2 Å². The maximum absolute atomic E-state index is 13.0. The number of fused-ring (bicyclic) bond motifs is 1. The number of hydrogen-bond donors (Lipinski definition) is 1. The number of benzene rings is 2. The van der Waals surface area contributed by atoms with Crippen LogP contribution in [0.1, 0.15) is 0 Å². The van der Waals surface area contributed by atoms with Crippen molar-refractivity contribution in [3.8, 4) is 16.9 Å². The molecular formula is C15H9FO5S. The first-order valence-electron chi connectivity index (χ1n) is 6.21. The first-order valence-corrected chi connectivity index (χ1v) is 7.03. The molecule has 3 aromatic rings. The molecule has 0 saturated carbocycles. The van der Waals surface area contributed by atoms with Gasteiger partial charge in [0, 0.05) is 11.6 Å². The van der Waals surface area contributed by atoms with E-state index >= 15 is 0 Å². The average Bonchev–Trinajstić information content (AvgIpc) is 2.85. The number of halogens is 1. The molecule has 5 nitrogen and oxygen atoms in total. The van der Waals surface area contributed by atoms with E-state index in [2.05, 4.69) is 0 Å². The topological polar surface area (TPSA) is 76.7 Å². The maximum Gasteiger partial charge on any atom is 0.396 e. The highest BCUT2D eigenvalue weighted by molar-refractivity contribution is 7.16. The number of hydrogen-bond acceptors (Lipinski definition) is 5. The fourth-order valence-electron chi connectivity index (χ4n) is 2.02. The molecule has 1 heterocycles. The van der Waals surface area contributed by atoms with E-state index in [1.165, 1.54) is 12.1 Å². The molecule has 0 atom stereocenters. The van der Waals surface area contributed by atoms with Crippen molar-refractivity contribution in [1.82, 2.24) is 0 Å². The van der Waals surface area contributed by atoms with Crippen LogP contribution in [0.3, 0.4) is 0 Å². The van der Waals surface area contributed by atoms with E-state index in [0.29, 0.717) is 27.2 Å². The Hall–Kier alpha value is -2.67. The van der Waals surface area contributed by atoms with E-state index in [4.69, 9.17) is 14.3 Å². The van der Waals surface area contributed by atoms with E-state index < -0.39 is 17.5 Å². The molecule has 0 aliphatic heterocycles. The fraction of sp³-hybridized carbons (Fsp3) is 0.0667. The van der Waals surface area contributed by atoms with Gasteiger partial charge in [0.2, 0.25) is 0 Å². The van der Waals surface area contributed by atoms with Gasteiger partial charge >= 0.3 is 10.9 Å². The smallest absolute Gasteiger partial charge is 0.396 e. The summed E-state index contributed by atoms with van der Waals surface area (Å²) in [6.07, 6.45) is 0. The van der Waals surface area contributed by atoms with Crippen LogP contribution in [0.25, 0.3) is 21.4 Å². The second-order valence-corrected chi connectivity index (χ2v) is 5.42. The molecule has 0 unspecified atom stereocenters. The summed E-state index contributed by atoms with van der Waals surface area (Å²) in [5, 5.41) is 8.68. The monoisotopic (exact) mass is 320 g/mol. The van der Waals surface area contributed by atoms with Crippen LogP contribution in [0, 0.1) is 5.82 Å². The summed E-state index contributed by atoms with van der Waals surface area (Å²) in [7, 11) is 0. The van der Waals surface area contributed by atoms with Crippen molar-refractivity contribution in [2.75, 3.05) is 6.61 Å². The molecule has 0 fully saturated rings. The summed E-state index contributed by atoms with van der Waals surface area (Å²) < 4.78 is 23.9. The summed E-state index contributed by atoms with van der Waals surface area (Å²) in [6, 6.07) is 8.77. The lowest BCUT2D eigenvalue weighted by Crippen LogP contribution is -2.09. The molecule has 1 aromatic heterocycles. The summed E-state index contributed by atoms with van der Waals surface area (Å²) in [6.45, 7) is -0.499. The van der Waals surface area contributed by atoms with Crippen molar-refractivity contribution in [2.45, 2.75) is 0 Å². The van der Waals surface area contributed by atoms with Gasteiger partial charge in [0.1, 0.15) is 11.6 Å². The van der Waals surface area contributed by atoms with Crippen LogP contribution in [-0.4, -0.2) is 17.7 Å². The molecule has 7 heteroatoms. The molecule has 22 heavy (non-hydrogen) atoms. The molecule has 0 radical (unpaired) electrons. The summed E-state index contributed by atoms with van der Waals surface area (Å²) in [4.78, 5) is 21.6. The van der Waals surface area contributed by atoms with Crippen LogP contribution in [-0.2, 0) is 4.79 Å². The summed E-state index contributed by atoms with van der Waals surface area (Å²) in [5.74, 6) is -1.19. The van der Waals surface area contributed by atoms with Gasteiger partial charge in [-0.15, -0.1) is 0 Å². The van der Waals surface area contributed by atoms with Crippen molar-refractivity contribution in [1.29, 1.82) is 0 Å². The van der Waals surface area contributed by atoms with Gasteiger partial charge in [0.05, 0.1) is 4.70 Å². The molecule has 3 rings (SSSR count). The largest absolute Gasteiger partial charge is 0.482 e. The number of rotatable bonds is 4. The van der Waals surface area contributed by atoms with E-state index in [1.54, 1.807) is 24.3 Å². The van der Waals surface area contributed by atoms with Gasteiger partial charge in [-0.1, -0.05) is 23.5 Å². The minimum absolute atomic E-state index is 0.297. The van der Waals surface area contributed by atoms with Gasteiger partial charge in [0.25, 0.3) is 0 Å². The Bertz CT molecular complexity index is 894. The van der Waals surface area contributed by atoms with Crippen molar-refractivity contribution >= 4 is 27.6 Å². The van der Waals surface area contributed by atoms with Gasteiger partial charge in [-0.3, -0.25) is 0 Å². The Labute approximate surface area is 127 Å². The normalized spacial score (nSPS) is 10.8. The Morgan fingerprint density at radius 3 is 2.68 bits per heavy atom. The third kappa shape index (κ3) is 2.84. The third-order valence-electron chi connectivity index (χ3n) is 2.92. The first-order chi connectivity index (χ1) is 10.5. The molecule has 112 valence electrons. The molecule has 0 bridgehead atoms. The lowest BCUT2D eigenvalue weighted by Gasteiger charge is -2.07. The number of carboxylic acids is 1.